The van der Waals surface area contributed by atoms with Gasteiger partial charge in [0, 0.05) is 38.9 Å². The van der Waals surface area contributed by atoms with Crippen LogP contribution >= 0.6 is 8.03 Å². The fourth-order valence-corrected chi connectivity index (χ4v) is 8.33. The molecule has 1 aromatic heterocycles. The van der Waals surface area contributed by atoms with Crippen molar-refractivity contribution in [1.82, 2.24) is 14.5 Å². The number of ether oxygens (including phenoxy) is 4. The van der Waals surface area contributed by atoms with E-state index < -0.39 is 43.7 Å². The van der Waals surface area contributed by atoms with Gasteiger partial charge in [0.05, 0.1) is 38.2 Å². The fraction of sp³-hybridized carbons (Fsp3) is 0.400. The van der Waals surface area contributed by atoms with Gasteiger partial charge < -0.3 is 23.8 Å². The Bertz CT molecular complexity index is 1950. The van der Waals surface area contributed by atoms with Crippen molar-refractivity contribution in [3.05, 3.63) is 124 Å². The first-order chi connectivity index (χ1) is 25.8. The summed E-state index contributed by atoms with van der Waals surface area (Å²) in [7, 11) is 2.93. The summed E-state index contributed by atoms with van der Waals surface area (Å²) < 4.78 is 45.8. The molecular weight excluding hydrogens is 693 g/mol. The Morgan fingerprint density at radius 1 is 1.02 bits per heavy atom. The van der Waals surface area contributed by atoms with E-state index >= 15 is 0 Å². The zero-order chi connectivity index (χ0) is 37.4. The minimum atomic E-state index is -2.21. The maximum atomic E-state index is 13.7. The van der Waals surface area contributed by atoms with Crippen LogP contribution in [-0.4, -0.2) is 79.7 Å². The van der Waals surface area contributed by atoms with E-state index in [1.165, 1.54) is 11.7 Å². The van der Waals surface area contributed by atoms with Gasteiger partial charge in [0.25, 0.3) is 0 Å². The maximum Gasteiger partial charge on any atom is 0.508 e. The molecule has 3 heterocycles. The molecule has 6 rings (SSSR count). The number of benzene rings is 3. The number of methoxy groups -OCH3 is 2. The summed E-state index contributed by atoms with van der Waals surface area (Å²) in [5, 5.41) is 9.03. The Balaban J connectivity index is 1.40. The standard InChI is InChI=1S/C40H45N5O7P/c1-28-25-45(39(46)43-37(28)42-35-17-11-23-44(35)2)38-36(49-4)33(27-53(47)51-24-12-22-41)34(52-38)26-50-40(29-13-7-5-8-14-29,30-15-9-6-10-16-30)31-18-20-32(48-3)21-19-31/h5-10,13-16,18-21,25,33-34,36,38H,11-12,17,23-24,26-27H2,1-4H3/q+1/t33-,34-,36-,38-/m1/s1. The molecular formula is C40H45N5O7P+. The van der Waals surface area contributed by atoms with Gasteiger partial charge in [-0.25, -0.2) is 9.79 Å². The Morgan fingerprint density at radius 2 is 1.68 bits per heavy atom. The second kappa shape index (κ2) is 17.4. The highest BCUT2D eigenvalue weighted by Gasteiger charge is 2.51. The number of likely N-dealkylation sites (tertiary alicyclic amines) is 1. The van der Waals surface area contributed by atoms with Crippen LogP contribution in [0.25, 0.3) is 0 Å². The van der Waals surface area contributed by atoms with Gasteiger partial charge in [-0.05, 0) is 46.7 Å². The van der Waals surface area contributed by atoms with Crippen molar-refractivity contribution in [3.63, 3.8) is 0 Å². The second-order valence-electron chi connectivity index (χ2n) is 13.1. The van der Waals surface area contributed by atoms with E-state index in [0.717, 1.165) is 41.9 Å². The van der Waals surface area contributed by atoms with Crippen molar-refractivity contribution in [2.24, 2.45) is 10.9 Å². The number of nitriles is 1. The Hall–Kier alpha value is -4.76. The predicted molar refractivity (Wildman–Crippen MR) is 201 cm³/mol. The minimum absolute atomic E-state index is 0.0252. The summed E-state index contributed by atoms with van der Waals surface area (Å²) in [6.07, 6.45) is 1.33. The summed E-state index contributed by atoms with van der Waals surface area (Å²) >= 11 is 0. The van der Waals surface area contributed by atoms with Gasteiger partial charge in [0.1, 0.15) is 29.9 Å². The summed E-state index contributed by atoms with van der Waals surface area (Å²) in [4.78, 5) is 24.8. The largest absolute Gasteiger partial charge is 0.508 e. The molecule has 0 spiro atoms. The van der Waals surface area contributed by atoms with E-state index in [4.69, 9.17) is 33.7 Å². The van der Waals surface area contributed by atoms with E-state index in [1.807, 2.05) is 105 Å². The summed E-state index contributed by atoms with van der Waals surface area (Å²) in [5.41, 5.74) is 1.69. The number of aliphatic imine (C=N–C) groups is 1. The quantitative estimate of drug-likeness (QED) is 0.0753. The lowest BCUT2D eigenvalue weighted by Crippen LogP contribution is -2.38. The number of aromatic nitrogens is 2. The molecule has 0 aliphatic carbocycles. The Labute approximate surface area is 310 Å². The molecule has 0 radical (unpaired) electrons. The number of hydrogen-bond acceptors (Lipinski definition) is 10. The molecule has 4 aromatic rings. The van der Waals surface area contributed by atoms with Crippen LogP contribution in [0.2, 0.25) is 0 Å². The van der Waals surface area contributed by atoms with Gasteiger partial charge in [0.15, 0.2) is 18.2 Å². The molecule has 2 aliphatic rings. The van der Waals surface area contributed by atoms with Crippen LogP contribution in [0.15, 0.2) is 101 Å². The van der Waals surface area contributed by atoms with Gasteiger partial charge in [-0.15, -0.1) is 4.52 Å². The summed E-state index contributed by atoms with van der Waals surface area (Å²) in [6, 6.07) is 29.6. The second-order valence-corrected chi connectivity index (χ2v) is 14.4. The fourth-order valence-electron chi connectivity index (χ4n) is 7.14. The summed E-state index contributed by atoms with van der Waals surface area (Å²) in [6.45, 7) is 2.82. The maximum absolute atomic E-state index is 13.7. The van der Waals surface area contributed by atoms with E-state index in [1.54, 1.807) is 13.3 Å². The first-order valence-electron chi connectivity index (χ1n) is 17.7. The molecule has 12 nitrogen and oxygen atoms in total. The van der Waals surface area contributed by atoms with Gasteiger partial charge in [0.2, 0.25) is 0 Å². The van der Waals surface area contributed by atoms with Gasteiger partial charge in [-0.1, -0.05) is 72.8 Å². The number of rotatable bonds is 15. The molecule has 276 valence electrons. The average Bonchev–Trinajstić information content (AvgIpc) is 3.75. The zero-order valence-corrected chi connectivity index (χ0v) is 31.4. The van der Waals surface area contributed by atoms with E-state index in [-0.39, 0.29) is 25.8 Å². The molecule has 3 aromatic carbocycles. The molecule has 2 fully saturated rings. The SMILES string of the molecule is COc1ccc(C(OC[C@H]2O[C@@H](n3cc(C)c(N=C4CCCN4C)nc3=O)[C@H](OC)[C@@H]2C[P+](=O)OCCC#N)(c2ccccc2)c2ccccc2)cc1. The monoisotopic (exact) mass is 738 g/mol. The lowest BCUT2D eigenvalue weighted by molar-refractivity contribution is -0.0926. The van der Waals surface area contributed by atoms with Crippen molar-refractivity contribution in [1.29, 1.82) is 5.26 Å². The first-order valence-corrected chi connectivity index (χ1v) is 19.1. The van der Waals surface area contributed by atoms with Crippen LogP contribution in [0, 0.1) is 24.2 Å². The van der Waals surface area contributed by atoms with Gasteiger partial charge in [-0.2, -0.15) is 10.2 Å². The normalized spacial score (nSPS) is 21.2. The van der Waals surface area contributed by atoms with Crippen molar-refractivity contribution in [2.45, 2.75) is 50.2 Å². The van der Waals surface area contributed by atoms with Gasteiger partial charge in [-0.3, -0.25) is 4.57 Å². The number of aryl methyl sites for hydroxylation is 1. The highest BCUT2D eigenvalue weighted by Crippen LogP contribution is 2.45. The van der Waals surface area contributed by atoms with E-state index in [9.17, 15) is 9.36 Å². The highest BCUT2D eigenvalue weighted by molar-refractivity contribution is 7.39. The van der Waals surface area contributed by atoms with Crippen LogP contribution in [0.1, 0.15) is 47.7 Å². The average molecular weight is 739 g/mol. The van der Waals surface area contributed by atoms with Crippen LogP contribution in [0.3, 0.4) is 0 Å². The van der Waals surface area contributed by atoms with Crippen LogP contribution < -0.4 is 10.4 Å². The zero-order valence-electron chi connectivity index (χ0n) is 30.5. The van der Waals surface area contributed by atoms with Crippen LogP contribution in [-0.2, 0) is 28.9 Å². The third kappa shape index (κ3) is 8.25. The molecule has 2 saturated heterocycles. The molecule has 13 heteroatoms. The summed E-state index contributed by atoms with van der Waals surface area (Å²) in [5.74, 6) is 1.42. The molecule has 53 heavy (non-hydrogen) atoms. The molecule has 0 saturated carbocycles. The number of nitrogens with zero attached hydrogens (tertiary/aromatic N) is 5. The first kappa shape index (κ1) is 38.0. The van der Waals surface area contributed by atoms with Gasteiger partial charge >= 0.3 is 13.7 Å². The third-order valence-electron chi connectivity index (χ3n) is 9.85. The molecule has 0 N–H and O–H groups in total. The van der Waals surface area contributed by atoms with E-state index in [2.05, 4.69) is 9.88 Å². The van der Waals surface area contributed by atoms with Crippen molar-refractivity contribution in [2.75, 3.05) is 47.2 Å². The van der Waals surface area contributed by atoms with Crippen molar-refractivity contribution < 1.29 is 28.0 Å². The molecule has 1 unspecified atom stereocenters. The number of hydrogen-bond donors (Lipinski definition) is 0. The van der Waals surface area contributed by atoms with Crippen LogP contribution in [0.4, 0.5) is 5.82 Å². The molecule has 0 bridgehead atoms. The minimum Gasteiger partial charge on any atom is -0.497 e. The van der Waals surface area contributed by atoms with E-state index in [0.29, 0.717) is 17.1 Å². The van der Waals surface area contributed by atoms with Crippen molar-refractivity contribution >= 4 is 19.7 Å². The molecule has 5 atom stereocenters. The number of amidine groups is 1. The van der Waals surface area contributed by atoms with Crippen molar-refractivity contribution in [3.8, 4) is 11.8 Å². The van der Waals surface area contributed by atoms with Crippen LogP contribution in [0.5, 0.6) is 5.75 Å². The Morgan fingerprint density at radius 3 is 2.26 bits per heavy atom. The lowest BCUT2D eigenvalue weighted by Gasteiger charge is -2.37. The molecule has 0 amide bonds. The highest BCUT2D eigenvalue weighted by atomic mass is 31.1. The topological polar surface area (TPSA) is 138 Å². The predicted octanol–water partition coefficient (Wildman–Crippen LogP) is 6.53. The Kier molecular flexibility index (Phi) is 12.5. The molecule has 2 aliphatic heterocycles. The lowest BCUT2D eigenvalue weighted by atomic mass is 9.80. The smallest absolute Gasteiger partial charge is 0.497 e. The third-order valence-corrected chi connectivity index (χ3v) is 11.0.